The number of alkyl halides is 3. The quantitative estimate of drug-likeness (QED) is 0.829. The van der Waals surface area contributed by atoms with E-state index in [4.69, 9.17) is 0 Å². The average Bonchev–Trinajstić information content (AvgIpc) is 3.07. The lowest BCUT2D eigenvalue weighted by molar-refractivity contribution is -0.140. The van der Waals surface area contributed by atoms with Crippen molar-refractivity contribution in [3.05, 3.63) is 41.3 Å². The molecule has 5 nitrogen and oxygen atoms in total. The Hall–Kier alpha value is -2.71. The van der Waals surface area contributed by atoms with Gasteiger partial charge in [-0.05, 0) is 38.0 Å². The maximum atomic E-state index is 13.5. The molecule has 1 aliphatic heterocycles. The van der Waals surface area contributed by atoms with E-state index in [1.807, 2.05) is 5.32 Å². The number of pyridine rings is 1. The monoisotopic (exact) mass is 383 g/mol. The van der Waals surface area contributed by atoms with Gasteiger partial charge in [-0.15, -0.1) is 0 Å². The molecule has 1 atom stereocenters. The SMILES string of the molecule is Cc1cc(C(=O)N2CCC[C@H]2C(=O)NCC(F)(F)F)c2ccc(F)cc2n1. The molecular weight excluding hydrogens is 366 g/mol. The van der Waals surface area contributed by atoms with E-state index in [0.717, 1.165) is 0 Å². The number of amides is 2. The molecule has 0 aliphatic carbocycles. The fraction of sp³-hybridized carbons (Fsp3) is 0.389. The minimum absolute atomic E-state index is 0.244. The predicted molar refractivity (Wildman–Crippen MR) is 89.6 cm³/mol. The summed E-state index contributed by atoms with van der Waals surface area (Å²) >= 11 is 0. The second-order valence-electron chi connectivity index (χ2n) is 6.46. The number of hydrogen-bond donors (Lipinski definition) is 1. The molecule has 1 aromatic heterocycles. The number of fused-ring (bicyclic) bond motifs is 1. The van der Waals surface area contributed by atoms with Crippen LogP contribution >= 0.6 is 0 Å². The van der Waals surface area contributed by atoms with Gasteiger partial charge in [0.2, 0.25) is 5.91 Å². The van der Waals surface area contributed by atoms with Crippen LogP contribution in [0.25, 0.3) is 10.9 Å². The number of likely N-dealkylation sites (tertiary alicyclic amines) is 1. The van der Waals surface area contributed by atoms with Gasteiger partial charge in [0, 0.05) is 23.7 Å². The van der Waals surface area contributed by atoms with Crippen molar-refractivity contribution in [3.8, 4) is 0 Å². The van der Waals surface area contributed by atoms with E-state index in [-0.39, 0.29) is 18.5 Å². The van der Waals surface area contributed by atoms with E-state index in [1.54, 1.807) is 6.92 Å². The standard InChI is InChI=1S/C18H17F4N3O2/c1-10-7-13(12-5-4-11(19)8-14(12)24-10)17(27)25-6-2-3-15(25)16(26)23-9-18(20,21)22/h4-5,7-8,15H,2-3,6,9H2,1H3,(H,23,26)/t15-/m0/s1. The van der Waals surface area contributed by atoms with Crippen LogP contribution in [0, 0.1) is 12.7 Å². The molecule has 0 radical (unpaired) electrons. The zero-order valence-electron chi connectivity index (χ0n) is 14.4. The van der Waals surface area contributed by atoms with Crippen LogP contribution in [-0.2, 0) is 4.79 Å². The van der Waals surface area contributed by atoms with E-state index < -0.39 is 36.4 Å². The lowest BCUT2D eigenvalue weighted by atomic mass is 10.1. The summed E-state index contributed by atoms with van der Waals surface area (Å²) in [5, 5.41) is 2.26. The summed E-state index contributed by atoms with van der Waals surface area (Å²) in [7, 11) is 0. The summed E-state index contributed by atoms with van der Waals surface area (Å²) in [6.45, 7) is 0.465. The lowest BCUT2D eigenvalue weighted by Gasteiger charge is -2.25. The molecule has 1 N–H and O–H groups in total. The van der Waals surface area contributed by atoms with Crippen molar-refractivity contribution >= 4 is 22.7 Å². The second-order valence-corrected chi connectivity index (χ2v) is 6.46. The number of hydrogen-bond acceptors (Lipinski definition) is 3. The summed E-state index contributed by atoms with van der Waals surface area (Å²) in [4.78, 5) is 30.6. The van der Waals surface area contributed by atoms with Gasteiger partial charge in [-0.25, -0.2) is 4.39 Å². The Morgan fingerprint density at radius 3 is 2.74 bits per heavy atom. The maximum absolute atomic E-state index is 13.5. The van der Waals surface area contributed by atoms with E-state index in [0.29, 0.717) is 23.0 Å². The first kappa shape index (κ1) is 19.1. The topological polar surface area (TPSA) is 62.3 Å². The molecule has 1 saturated heterocycles. The molecule has 2 heterocycles. The number of halogens is 4. The van der Waals surface area contributed by atoms with E-state index >= 15 is 0 Å². The third-order valence-corrected chi connectivity index (χ3v) is 4.41. The minimum Gasteiger partial charge on any atom is -0.345 e. The zero-order valence-corrected chi connectivity index (χ0v) is 14.4. The molecule has 0 unspecified atom stereocenters. The Labute approximate surface area is 152 Å². The van der Waals surface area contributed by atoms with Crippen LogP contribution < -0.4 is 5.32 Å². The molecule has 0 spiro atoms. The number of benzene rings is 1. The summed E-state index contributed by atoms with van der Waals surface area (Å²) in [6.07, 6.45) is -3.73. The molecular formula is C18H17F4N3O2. The van der Waals surface area contributed by atoms with Crippen molar-refractivity contribution in [1.82, 2.24) is 15.2 Å². The molecule has 1 aliphatic rings. The number of nitrogens with zero attached hydrogens (tertiary/aromatic N) is 2. The fourth-order valence-corrected chi connectivity index (χ4v) is 3.25. The predicted octanol–water partition coefficient (Wildman–Crippen LogP) is 2.97. The molecule has 3 rings (SSSR count). The van der Waals surface area contributed by atoms with Gasteiger partial charge in [-0.2, -0.15) is 13.2 Å². The summed E-state index contributed by atoms with van der Waals surface area (Å²) in [6, 6.07) is 4.40. The van der Waals surface area contributed by atoms with Crippen molar-refractivity contribution in [3.63, 3.8) is 0 Å². The Morgan fingerprint density at radius 1 is 1.30 bits per heavy atom. The summed E-state index contributed by atoms with van der Waals surface area (Å²) in [5.41, 5.74) is 1.04. The third kappa shape index (κ3) is 4.17. The van der Waals surface area contributed by atoms with Crippen molar-refractivity contribution < 1.29 is 27.2 Å². The number of aromatic nitrogens is 1. The lowest BCUT2D eigenvalue weighted by Crippen LogP contribution is -2.48. The first-order valence-electron chi connectivity index (χ1n) is 8.38. The van der Waals surface area contributed by atoms with Gasteiger partial charge in [-0.1, -0.05) is 0 Å². The third-order valence-electron chi connectivity index (χ3n) is 4.41. The van der Waals surface area contributed by atoms with Gasteiger partial charge in [0.15, 0.2) is 0 Å². The van der Waals surface area contributed by atoms with Gasteiger partial charge < -0.3 is 10.2 Å². The summed E-state index contributed by atoms with van der Waals surface area (Å²) < 4.78 is 50.5. The van der Waals surface area contributed by atoms with Crippen molar-refractivity contribution in [1.29, 1.82) is 0 Å². The number of rotatable bonds is 3. The minimum atomic E-state index is -4.52. The normalized spacial score (nSPS) is 17.4. The highest BCUT2D eigenvalue weighted by molar-refractivity contribution is 6.07. The first-order chi connectivity index (χ1) is 12.7. The Balaban J connectivity index is 1.89. The largest absolute Gasteiger partial charge is 0.405 e. The van der Waals surface area contributed by atoms with Gasteiger partial charge in [0.05, 0.1) is 11.1 Å². The second kappa shape index (κ2) is 7.13. The number of aryl methyl sites for hydroxylation is 1. The van der Waals surface area contributed by atoms with Crippen LogP contribution in [0.15, 0.2) is 24.3 Å². The molecule has 0 saturated carbocycles. The van der Waals surface area contributed by atoms with Crippen LogP contribution in [0.5, 0.6) is 0 Å². The highest BCUT2D eigenvalue weighted by Crippen LogP contribution is 2.26. The first-order valence-corrected chi connectivity index (χ1v) is 8.38. The summed E-state index contributed by atoms with van der Waals surface area (Å²) in [5.74, 6) is -1.81. The van der Waals surface area contributed by atoms with Crippen LogP contribution in [0.4, 0.5) is 17.6 Å². The van der Waals surface area contributed by atoms with Gasteiger partial charge in [-0.3, -0.25) is 14.6 Å². The molecule has 144 valence electrons. The zero-order chi connectivity index (χ0) is 19.8. The number of nitrogens with one attached hydrogen (secondary N) is 1. The van der Waals surface area contributed by atoms with E-state index in [1.165, 1.54) is 29.2 Å². The number of carbonyl (C=O) groups excluding carboxylic acids is 2. The molecule has 27 heavy (non-hydrogen) atoms. The van der Waals surface area contributed by atoms with Crippen molar-refractivity contribution in [2.45, 2.75) is 32.0 Å². The Bertz CT molecular complexity index is 893. The van der Waals surface area contributed by atoms with E-state index in [9.17, 15) is 27.2 Å². The highest BCUT2D eigenvalue weighted by atomic mass is 19.4. The van der Waals surface area contributed by atoms with Gasteiger partial charge >= 0.3 is 6.18 Å². The van der Waals surface area contributed by atoms with Gasteiger partial charge in [0.1, 0.15) is 18.4 Å². The van der Waals surface area contributed by atoms with Crippen LogP contribution in [0.2, 0.25) is 0 Å². The molecule has 0 bridgehead atoms. The van der Waals surface area contributed by atoms with Crippen LogP contribution in [-0.4, -0.2) is 47.0 Å². The molecule has 2 aromatic rings. The molecule has 9 heteroatoms. The number of carbonyl (C=O) groups is 2. The molecule has 2 amide bonds. The Kier molecular flexibility index (Phi) is 5.03. The Morgan fingerprint density at radius 2 is 2.04 bits per heavy atom. The van der Waals surface area contributed by atoms with Crippen LogP contribution in [0.3, 0.4) is 0 Å². The maximum Gasteiger partial charge on any atom is 0.405 e. The molecule has 1 aromatic carbocycles. The molecule has 1 fully saturated rings. The smallest absolute Gasteiger partial charge is 0.345 e. The van der Waals surface area contributed by atoms with Crippen LogP contribution in [0.1, 0.15) is 28.9 Å². The van der Waals surface area contributed by atoms with Gasteiger partial charge in [0.25, 0.3) is 5.91 Å². The average molecular weight is 383 g/mol. The highest BCUT2D eigenvalue weighted by Gasteiger charge is 2.37. The van der Waals surface area contributed by atoms with Crippen molar-refractivity contribution in [2.24, 2.45) is 0 Å². The fourth-order valence-electron chi connectivity index (χ4n) is 3.25. The van der Waals surface area contributed by atoms with Crippen molar-refractivity contribution in [2.75, 3.05) is 13.1 Å². The van der Waals surface area contributed by atoms with E-state index in [2.05, 4.69) is 4.98 Å².